The second-order valence-electron chi connectivity index (χ2n) is 15.6. The number of hydrogen-bond acceptors (Lipinski definition) is 12. The Morgan fingerprint density at radius 3 is 1.33 bits per heavy atom. The number of aryl methyl sites for hydroxylation is 2. The van der Waals surface area contributed by atoms with Crippen molar-refractivity contribution in [1.29, 1.82) is 0 Å². The molecule has 2 fully saturated rings. The van der Waals surface area contributed by atoms with Gasteiger partial charge in [0.05, 0.1) is 24.6 Å². The average Bonchev–Trinajstić information content (AvgIpc) is 4.09. The Labute approximate surface area is 343 Å². The summed E-state index contributed by atoms with van der Waals surface area (Å²) in [5.41, 5.74) is 3.22. The van der Waals surface area contributed by atoms with Gasteiger partial charge in [-0.25, -0.2) is 29.5 Å². The van der Waals surface area contributed by atoms with Gasteiger partial charge in [-0.1, -0.05) is 0 Å². The minimum absolute atomic E-state index is 0.0770. The minimum Gasteiger partial charge on any atom is -0.461 e. The second-order valence-corrected chi connectivity index (χ2v) is 15.6. The van der Waals surface area contributed by atoms with Crippen LogP contribution in [-0.4, -0.2) is 70.0 Å². The van der Waals surface area contributed by atoms with E-state index in [0.29, 0.717) is 47.5 Å². The zero-order valence-electron chi connectivity index (χ0n) is 33.9. The van der Waals surface area contributed by atoms with E-state index in [1.165, 1.54) is 39.8 Å². The number of fused-ring (bicyclic) bond motifs is 4. The number of carbonyl (C=O) groups is 4. The molecule has 0 unspecified atom stereocenters. The molecule has 0 atom stereocenters. The van der Waals surface area contributed by atoms with E-state index in [2.05, 4.69) is 40.0 Å². The fourth-order valence-corrected chi connectivity index (χ4v) is 7.71. The van der Waals surface area contributed by atoms with E-state index in [9.17, 15) is 36.7 Å². The Bertz CT molecular complexity index is 2240. The van der Waals surface area contributed by atoms with Gasteiger partial charge in [-0.15, -0.1) is 0 Å². The number of anilines is 6. The van der Waals surface area contributed by atoms with Crippen LogP contribution in [0.15, 0.2) is 48.8 Å². The van der Waals surface area contributed by atoms with Crippen LogP contribution >= 0.6 is 0 Å². The van der Waals surface area contributed by atoms with Crippen LogP contribution in [0.5, 0.6) is 0 Å². The van der Waals surface area contributed by atoms with Crippen molar-refractivity contribution in [1.82, 2.24) is 19.9 Å². The van der Waals surface area contributed by atoms with Gasteiger partial charge in [0.15, 0.2) is 0 Å². The van der Waals surface area contributed by atoms with Gasteiger partial charge in [-0.3, -0.25) is 9.59 Å². The summed E-state index contributed by atoms with van der Waals surface area (Å²) in [6.45, 7) is 9.94. The first kappa shape index (κ1) is 41.9. The largest absolute Gasteiger partial charge is 0.461 e. The van der Waals surface area contributed by atoms with Crippen LogP contribution in [0.1, 0.15) is 87.0 Å². The molecule has 60 heavy (non-hydrogen) atoms. The summed E-state index contributed by atoms with van der Waals surface area (Å²) in [5.74, 6) is -10.0. The molecule has 2 saturated carbocycles. The summed E-state index contributed by atoms with van der Waals surface area (Å²) in [4.78, 5) is 67.0. The predicted molar refractivity (Wildman–Crippen MR) is 212 cm³/mol. The molecule has 2 aliphatic heterocycles. The van der Waals surface area contributed by atoms with Gasteiger partial charge in [-0.2, -0.15) is 17.6 Å². The molecule has 4 aliphatic rings. The molecule has 6 heterocycles. The van der Waals surface area contributed by atoms with Crippen molar-refractivity contribution in [2.24, 2.45) is 0 Å². The predicted octanol–water partition coefficient (Wildman–Crippen LogP) is 7.16. The molecule has 2 aliphatic carbocycles. The first-order valence-corrected chi connectivity index (χ1v) is 19.5. The van der Waals surface area contributed by atoms with Crippen molar-refractivity contribution < 1.29 is 46.2 Å². The first-order chi connectivity index (χ1) is 28.3. The molecule has 0 saturated heterocycles. The molecule has 0 aromatic carbocycles. The number of carbonyl (C=O) groups excluding carboxylic acids is 4. The highest BCUT2D eigenvalue weighted by molar-refractivity contribution is 5.90. The number of ether oxygens (including phenoxy) is 2. The van der Waals surface area contributed by atoms with Crippen LogP contribution < -0.4 is 20.4 Å². The average molecular weight is 833 g/mol. The van der Waals surface area contributed by atoms with Gasteiger partial charge >= 0.3 is 23.8 Å². The maximum atomic E-state index is 14.6. The highest BCUT2D eigenvalue weighted by atomic mass is 19.3. The van der Waals surface area contributed by atoms with Crippen molar-refractivity contribution in [3.05, 3.63) is 82.4 Å². The van der Waals surface area contributed by atoms with Gasteiger partial charge in [-0.05, 0) is 88.8 Å². The van der Waals surface area contributed by atoms with E-state index in [1.807, 2.05) is 9.80 Å². The van der Waals surface area contributed by atoms with Gasteiger partial charge in [0.1, 0.15) is 34.7 Å². The number of halogens is 4. The van der Waals surface area contributed by atoms with E-state index < -0.39 is 35.2 Å². The number of alkyl halides is 4. The van der Waals surface area contributed by atoms with E-state index >= 15 is 0 Å². The van der Waals surface area contributed by atoms with Crippen LogP contribution in [0.3, 0.4) is 0 Å². The smallest absolute Gasteiger partial charge is 0.384 e. The Morgan fingerprint density at radius 1 is 0.650 bits per heavy atom. The quantitative estimate of drug-likeness (QED) is 0.122. The molecule has 2 spiro atoms. The molecule has 14 nitrogen and oxygen atoms in total. The summed E-state index contributed by atoms with van der Waals surface area (Å²) in [6.07, 6.45) is 7.34. The number of hydrogen-bond donors (Lipinski definition) is 2. The molecular formula is C42H44F4N8O6. The molecule has 4 aromatic heterocycles. The number of aromatic nitrogens is 4. The first-order valence-electron chi connectivity index (χ1n) is 19.5. The van der Waals surface area contributed by atoms with Gasteiger partial charge < -0.3 is 29.9 Å². The van der Waals surface area contributed by atoms with Gasteiger partial charge in [0, 0.05) is 73.4 Å². The lowest BCUT2D eigenvalue weighted by atomic mass is 10.0. The third-order valence-electron chi connectivity index (χ3n) is 10.9. The van der Waals surface area contributed by atoms with Gasteiger partial charge in [0.25, 0.3) is 0 Å². The fourth-order valence-electron chi connectivity index (χ4n) is 7.71. The molecule has 2 amide bonds. The summed E-state index contributed by atoms with van der Waals surface area (Å²) >= 11 is 0. The fraction of sp³-hybridized carbons (Fsp3) is 0.429. The van der Waals surface area contributed by atoms with Crippen LogP contribution in [0.25, 0.3) is 0 Å². The topological polar surface area (TPSA) is 169 Å². The van der Waals surface area contributed by atoms with Crippen LogP contribution in [0.4, 0.5) is 52.2 Å². The summed E-state index contributed by atoms with van der Waals surface area (Å²) in [6, 6.07) is 9.26. The standard InChI is InChI=1S/2C21H22F2N4O3/c2*1-4-30-19(29)21(22,23)16-7-12(2)8-18(26-16)27-11-20(5-6-20)14-10-24-17(9-15(14)27)25-13(3)28/h2*7-10H,4-6,11H2,1-3H3,(H,24,25,28). The second kappa shape index (κ2) is 15.4. The minimum atomic E-state index is -3.85. The zero-order chi connectivity index (χ0) is 43.4. The number of amides is 2. The van der Waals surface area contributed by atoms with Crippen molar-refractivity contribution in [2.45, 2.75) is 89.9 Å². The third kappa shape index (κ3) is 7.93. The normalized spacial score (nSPS) is 16.4. The lowest BCUT2D eigenvalue weighted by molar-refractivity contribution is -0.174. The van der Waals surface area contributed by atoms with Crippen molar-refractivity contribution in [3.63, 3.8) is 0 Å². The molecular weight excluding hydrogens is 789 g/mol. The molecule has 0 radical (unpaired) electrons. The van der Waals surface area contributed by atoms with Crippen molar-refractivity contribution in [2.75, 3.05) is 46.7 Å². The molecule has 8 rings (SSSR count). The monoisotopic (exact) mass is 832 g/mol. The van der Waals surface area contributed by atoms with Crippen LogP contribution in [0, 0.1) is 13.8 Å². The lowest BCUT2D eigenvalue weighted by Crippen LogP contribution is -2.30. The summed E-state index contributed by atoms with van der Waals surface area (Å²) in [7, 11) is 0. The Balaban J connectivity index is 0.000000181. The summed E-state index contributed by atoms with van der Waals surface area (Å²) < 4.78 is 67.6. The Morgan fingerprint density at radius 2 is 1.02 bits per heavy atom. The Hall–Kier alpha value is -6.20. The Kier molecular flexibility index (Phi) is 10.8. The number of nitrogens with one attached hydrogen (secondary N) is 2. The number of nitrogens with zero attached hydrogens (tertiary/aromatic N) is 6. The number of esters is 2. The van der Waals surface area contributed by atoms with E-state index in [-0.39, 0.29) is 35.9 Å². The third-order valence-corrected chi connectivity index (χ3v) is 10.9. The van der Waals surface area contributed by atoms with Crippen molar-refractivity contribution in [3.8, 4) is 0 Å². The van der Waals surface area contributed by atoms with Crippen molar-refractivity contribution >= 4 is 58.4 Å². The van der Waals surface area contributed by atoms with Crippen LogP contribution in [0.2, 0.25) is 0 Å². The molecule has 0 bridgehead atoms. The van der Waals surface area contributed by atoms with E-state index in [0.717, 1.165) is 48.2 Å². The molecule has 316 valence electrons. The lowest BCUT2D eigenvalue weighted by Gasteiger charge is -2.22. The highest BCUT2D eigenvalue weighted by Crippen LogP contribution is 2.59. The summed E-state index contributed by atoms with van der Waals surface area (Å²) in [5, 5.41) is 5.30. The zero-order valence-corrected chi connectivity index (χ0v) is 33.9. The highest BCUT2D eigenvalue weighted by Gasteiger charge is 2.54. The molecule has 18 heteroatoms. The maximum Gasteiger partial charge on any atom is 0.384 e. The van der Waals surface area contributed by atoms with E-state index in [1.54, 1.807) is 50.5 Å². The SMILES string of the molecule is CCOC(=O)C(F)(F)c1cc(C)cc(N2CC3(CC3)c3cnc(NC(C)=O)cc32)n1.CCOC(=O)C(F)(F)c1cc(C)cc(N2CC3(CC3)c3cnc(NC(C)=O)cc32)n1. The molecule has 4 aromatic rings. The number of pyridine rings is 4. The maximum absolute atomic E-state index is 14.6. The van der Waals surface area contributed by atoms with Crippen LogP contribution in [-0.2, 0) is 51.3 Å². The van der Waals surface area contributed by atoms with E-state index in [4.69, 9.17) is 0 Å². The number of rotatable bonds is 10. The molecule has 2 N–H and O–H groups in total. The van der Waals surface area contributed by atoms with Gasteiger partial charge in [0.2, 0.25) is 11.8 Å².